The molecule has 1 saturated heterocycles. The van der Waals surface area contributed by atoms with Crippen LogP contribution in [0.3, 0.4) is 0 Å². The molecule has 1 aliphatic rings. The van der Waals surface area contributed by atoms with Gasteiger partial charge in [-0.2, -0.15) is 0 Å². The van der Waals surface area contributed by atoms with E-state index in [1.165, 1.54) is 33.6 Å². The van der Waals surface area contributed by atoms with Crippen LogP contribution in [-0.2, 0) is 15.3 Å². The van der Waals surface area contributed by atoms with Gasteiger partial charge in [-0.05, 0) is 12.8 Å². The first kappa shape index (κ1) is 17.0. The van der Waals surface area contributed by atoms with Crippen LogP contribution in [0, 0.1) is 5.92 Å². The number of carboxylic acid groups (broad SMARTS) is 1. The number of carboxylic acids is 1. The van der Waals surface area contributed by atoms with Gasteiger partial charge in [-0.25, -0.2) is 4.98 Å². The summed E-state index contributed by atoms with van der Waals surface area (Å²) in [5.74, 6) is -0.617. The van der Waals surface area contributed by atoms with Gasteiger partial charge >= 0.3 is 5.97 Å². The molecule has 1 unspecified atom stereocenters. The van der Waals surface area contributed by atoms with E-state index in [-0.39, 0.29) is 23.8 Å². The Morgan fingerprint density at radius 3 is 3.08 bits per heavy atom. The van der Waals surface area contributed by atoms with Gasteiger partial charge < -0.3 is 10.0 Å². The van der Waals surface area contributed by atoms with Crippen LogP contribution >= 0.6 is 23.1 Å². The number of amides is 1. The Morgan fingerprint density at radius 1 is 1.46 bits per heavy atom. The molecule has 7 nitrogen and oxygen atoms in total. The maximum absolute atomic E-state index is 12.2. The number of carbonyl (C=O) groups excluding carboxylic acids is 1. The van der Waals surface area contributed by atoms with E-state index in [2.05, 4.69) is 4.98 Å². The van der Waals surface area contributed by atoms with Crippen LogP contribution in [0.4, 0.5) is 0 Å². The number of piperidine rings is 1. The van der Waals surface area contributed by atoms with Gasteiger partial charge in [0.25, 0.3) is 5.56 Å². The number of likely N-dealkylation sites (tertiary alicyclic amines) is 1. The fourth-order valence-electron chi connectivity index (χ4n) is 2.70. The topological polar surface area (TPSA) is 92.0 Å². The van der Waals surface area contributed by atoms with E-state index in [4.69, 9.17) is 5.11 Å². The number of thiazole rings is 1. The largest absolute Gasteiger partial charge is 0.481 e. The highest BCUT2D eigenvalue weighted by Gasteiger charge is 2.27. The van der Waals surface area contributed by atoms with Gasteiger partial charge in [0.1, 0.15) is 0 Å². The van der Waals surface area contributed by atoms with Gasteiger partial charge in [-0.3, -0.25) is 18.8 Å². The summed E-state index contributed by atoms with van der Waals surface area (Å²) >= 11 is 2.79. The Labute approximate surface area is 146 Å². The number of hydrogen-bond acceptors (Lipinski definition) is 6. The summed E-state index contributed by atoms with van der Waals surface area (Å²) in [4.78, 5) is 41.8. The second-order valence-corrected chi connectivity index (χ2v) is 7.51. The number of thioether (sulfide) groups is 1. The zero-order chi connectivity index (χ0) is 17.1. The van der Waals surface area contributed by atoms with Crippen molar-refractivity contribution in [2.75, 3.05) is 18.8 Å². The van der Waals surface area contributed by atoms with Crippen LogP contribution in [0.15, 0.2) is 22.4 Å². The summed E-state index contributed by atoms with van der Waals surface area (Å²) < 4.78 is 1.49. The number of aliphatic carboxylic acids is 1. The minimum atomic E-state index is -0.839. The lowest BCUT2D eigenvalue weighted by Crippen LogP contribution is -2.43. The van der Waals surface area contributed by atoms with Crippen molar-refractivity contribution in [2.45, 2.75) is 18.6 Å². The van der Waals surface area contributed by atoms with Crippen LogP contribution < -0.4 is 5.56 Å². The quantitative estimate of drug-likeness (QED) is 0.857. The van der Waals surface area contributed by atoms with E-state index in [0.717, 1.165) is 6.42 Å². The fourth-order valence-corrected chi connectivity index (χ4v) is 4.26. The maximum Gasteiger partial charge on any atom is 0.308 e. The molecule has 24 heavy (non-hydrogen) atoms. The third-order valence-corrected chi connectivity index (χ3v) is 5.66. The van der Waals surface area contributed by atoms with Crippen molar-refractivity contribution < 1.29 is 14.7 Å². The van der Waals surface area contributed by atoms with E-state index >= 15 is 0 Å². The molecule has 0 radical (unpaired) electrons. The molecule has 1 atom stereocenters. The third-order valence-electron chi connectivity index (χ3n) is 3.96. The highest BCUT2D eigenvalue weighted by molar-refractivity contribution is 7.99. The van der Waals surface area contributed by atoms with Crippen LogP contribution in [0.1, 0.15) is 18.5 Å². The molecule has 1 amide bonds. The molecule has 3 rings (SSSR count). The molecule has 9 heteroatoms. The summed E-state index contributed by atoms with van der Waals surface area (Å²) in [5, 5.41) is 10.9. The molecule has 0 saturated carbocycles. The van der Waals surface area contributed by atoms with E-state index in [9.17, 15) is 14.4 Å². The molecule has 2 aromatic heterocycles. The Hall–Kier alpha value is -1.87. The van der Waals surface area contributed by atoms with Gasteiger partial charge in [0, 0.05) is 36.5 Å². The first-order valence-corrected chi connectivity index (χ1v) is 9.62. The van der Waals surface area contributed by atoms with Crippen molar-refractivity contribution >= 4 is 39.9 Å². The predicted octanol–water partition coefficient (Wildman–Crippen LogP) is 1.31. The summed E-state index contributed by atoms with van der Waals surface area (Å²) in [5.41, 5.74) is 0.533. The van der Waals surface area contributed by atoms with Gasteiger partial charge in [0.2, 0.25) is 5.91 Å². The van der Waals surface area contributed by atoms with Gasteiger partial charge in [0.05, 0.1) is 17.4 Å². The van der Waals surface area contributed by atoms with Crippen LogP contribution in [-0.4, -0.2) is 50.1 Å². The van der Waals surface area contributed by atoms with Crippen molar-refractivity contribution in [3.05, 3.63) is 33.7 Å². The standard InChI is InChI=1S/C15H17N3O4S2/c19-12-6-11(16-15-18(12)4-5-24-15)8-23-9-13(20)17-3-1-2-10(7-17)14(21)22/h4-6,10H,1-3,7-9H2,(H,21,22). The van der Waals surface area contributed by atoms with E-state index in [1.54, 1.807) is 16.5 Å². The lowest BCUT2D eigenvalue weighted by atomic mass is 9.98. The third kappa shape index (κ3) is 3.78. The van der Waals surface area contributed by atoms with Crippen LogP contribution in [0.2, 0.25) is 0 Å². The lowest BCUT2D eigenvalue weighted by molar-refractivity contribution is -0.145. The average Bonchev–Trinajstić information content (AvgIpc) is 3.04. The molecule has 128 valence electrons. The number of carbonyl (C=O) groups is 2. The van der Waals surface area contributed by atoms with Crippen LogP contribution in [0.25, 0.3) is 4.96 Å². The highest BCUT2D eigenvalue weighted by atomic mass is 32.2. The second-order valence-electron chi connectivity index (χ2n) is 5.65. The number of rotatable bonds is 5. The number of nitrogens with zero attached hydrogens (tertiary/aromatic N) is 3. The number of fused-ring (bicyclic) bond motifs is 1. The lowest BCUT2D eigenvalue weighted by Gasteiger charge is -2.30. The second kappa shape index (κ2) is 7.35. The zero-order valence-corrected chi connectivity index (χ0v) is 14.5. The van der Waals surface area contributed by atoms with Crippen molar-refractivity contribution in [3.8, 4) is 0 Å². The molecular weight excluding hydrogens is 350 g/mol. The number of aromatic nitrogens is 2. The van der Waals surface area contributed by atoms with Crippen molar-refractivity contribution in [1.29, 1.82) is 0 Å². The SMILES string of the molecule is O=C(O)C1CCCN(C(=O)CSCc2cc(=O)n3ccsc3n2)C1. The Balaban J connectivity index is 1.54. The summed E-state index contributed by atoms with van der Waals surface area (Å²) in [6.45, 7) is 0.902. The highest BCUT2D eigenvalue weighted by Crippen LogP contribution is 2.19. The fraction of sp³-hybridized carbons (Fsp3) is 0.467. The van der Waals surface area contributed by atoms with Crippen molar-refractivity contribution in [2.24, 2.45) is 5.92 Å². The summed E-state index contributed by atoms with van der Waals surface area (Å²) in [6, 6.07) is 1.48. The zero-order valence-electron chi connectivity index (χ0n) is 12.9. The summed E-state index contributed by atoms with van der Waals surface area (Å²) in [6.07, 6.45) is 3.03. The first-order valence-electron chi connectivity index (χ1n) is 7.58. The number of hydrogen-bond donors (Lipinski definition) is 1. The Bertz CT molecular complexity index is 816. The molecule has 0 aliphatic carbocycles. The van der Waals surface area contributed by atoms with Gasteiger partial charge in [-0.1, -0.05) is 0 Å². The van der Waals surface area contributed by atoms with Gasteiger partial charge in [0.15, 0.2) is 4.96 Å². The Kier molecular flexibility index (Phi) is 5.20. The first-order chi connectivity index (χ1) is 11.5. The summed E-state index contributed by atoms with van der Waals surface area (Å²) in [7, 11) is 0. The molecule has 0 aromatic carbocycles. The molecular formula is C15H17N3O4S2. The van der Waals surface area contributed by atoms with Crippen molar-refractivity contribution in [1.82, 2.24) is 14.3 Å². The normalized spacial score (nSPS) is 18.0. The molecule has 3 heterocycles. The van der Waals surface area contributed by atoms with E-state index in [0.29, 0.717) is 29.4 Å². The molecule has 2 aromatic rings. The van der Waals surface area contributed by atoms with Crippen LogP contribution in [0.5, 0.6) is 0 Å². The molecule has 0 bridgehead atoms. The average molecular weight is 367 g/mol. The molecule has 1 fully saturated rings. The van der Waals surface area contributed by atoms with E-state index < -0.39 is 11.9 Å². The molecule has 1 aliphatic heterocycles. The smallest absolute Gasteiger partial charge is 0.308 e. The van der Waals surface area contributed by atoms with Gasteiger partial charge in [-0.15, -0.1) is 23.1 Å². The molecule has 1 N–H and O–H groups in total. The van der Waals surface area contributed by atoms with Crippen molar-refractivity contribution in [3.63, 3.8) is 0 Å². The Morgan fingerprint density at radius 2 is 2.29 bits per heavy atom. The maximum atomic E-state index is 12.2. The minimum absolute atomic E-state index is 0.0557. The molecule has 0 spiro atoms. The van der Waals surface area contributed by atoms with E-state index in [1.807, 2.05) is 0 Å². The minimum Gasteiger partial charge on any atom is -0.481 e. The predicted molar refractivity (Wildman–Crippen MR) is 92.4 cm³/mol. The monoisotopic (exact) mass is 367 g/mol.